The van der Waals surface area contributed by atoms with E-state index in [1.54, 1.807) is 19.2 Å². The molecule has 0 spiro atoms. The first-order valence-corrected chi connectivity index (χ1v) is 6.66. The summed E-state index contributed by atoms with van der Waals surface area (Å²) < 4.78 is 32.8. The van der Waals surface area contributed by atoms with E-state index in [9.17, 15) is 13.5 Å². The van der Waals surface area contributed by atoms with Gasteiger partial charge < -0.3 is 9.52 Å². The highest BCUT2D eigenvalue weighted by atomic mass is 32.2. The predicted octanol–water partition coefficient (Wildman–Crippen LogP) is 0.0250. The summed E-state index contributed by atoms with van der Waals surface area (Å²) in [5, 5.41) is 13.0. The summed E-state index contributed by atoms with van der Waals surface area (Å²) in [7, 11) is -2.11. The summed E-state index contributed by atoms with van der Waals surface area (Å²) >= 11 is 0. The van der Waals surface area contributed by atoms with Gasteiger partial charge in [0.2, 0.25) is 10.0 Å². The normalized spacial score (nSPS) is 13.7. The fraction of sp³-hybridized carbons (Fsp3) is 0.300. The number of sulfonamides is 1. The van der Waals surface area contributed by atoms with Gasteiger partial charge in [0.25, 0.3) is 0 Å². The topological polar surface area (TPSA) is 97.4 Å². The Balaban J connectivity index is 2.22. The van der Waals surface area contributed by atoms with Gasteiger partial charge in [0, 0.05) is 13.2 Å². The van der Waals surface area contributed by atoms with E-state index in [1.165, 1.54) is 23.3 Å². The molecule has 0 amide bonds. The molecule has 2 aromatic rings. The smallest absolute Gasteiger partial charge is 0.244 e. The van der Waals surface area contributed by atoms with Crippen molar-refractivity contribution >= 4 is 10.0 Å². The van der Waals surface area contributed by atoms with Crippen LogP contribution in [0.5, 0.6) is 0 Å². The van der Waals surface area contributed by atoms with Crippen LogP contribution in [-0.2, 0) is 17.1 Å². The van der Waals surface area contributed by atoms with Crippen LogP contribution in [0, 0.1) is 0 Å². The molecule has 0 aliphatic rings. The van der Waals surface area contributed by atoms with Crippen LogP contribution in [0.25, 0.3) is 0 Å². The monoisotopic (exact) mass is 271 g/mol. The quantitative estimate of drug-likeness (QED) is 0.799. The van der Waals surface area contributed by atoms with Crippen LogP contribution in [0.1, 0.15) is 11.8 Å². The fourth-order valence-electron chi connectivity index (χ4n) is 1.47. The molecule has 1 atom stereocenters. The number of rotatable bonds is 5. The van der Waals surface area contributed by atoms with E-state index in [-0.39, 0.29) is 4.90 Å². The lowest BCUT2D eigenvalue weighted by Gasteiger charge is -2.13. The second-order valence-electron chi connectivity index (χ2n) is 3.72. The highest BCUT2D eigenvalue weighted by Gasteiger charge is 2.23. The third-order valence-electron chi connectivity index (χ3n) is 2.36. The molecule has 8 heteroatoms. The number of aromatic nitrogens is 2. The Morgan fingerprint density at radius 2 is 2.39 bits per heavy atom. The first kappa shape index (κ1) is 12.8. The molecule has 7 nitrogen and oxygen atoms in total. The molecular formula is C10H13N3O4S. The van der Waals surface area contributed by atoms with Crippen molar-refractivity contribution in [1.29, 1.82) is 0 Å². The van der Waals surface area contributed by atoms with Crippen molar-refractivity contribution in [3.8, 4) is 0 Å². The standard InChI is InChI=1S/C10H13N3O4S/c1-13-6-8(5-11-13)18(15,16)12-9(7-14)10-3-2-4-17-10/h2-6,9,12,14H,7H2,1H3. The van der Waals surface area contributed by atoms with Crippen LogP contribution in [-0.4, -0.2) is 29.9 Å². The molecule has 0 aliphatic heterocycles. The summed E-state index contributed by atoms with van der Waals surface area (Å²) in [6.07, 6.45) is 4.02. The first-order valence-electron chi connectivity index (χ1n) is 5.18. The van der Waals surface area contributed by atoms with Gasteiger partial charge in [0.05, 0.1) is 19.1 Å². The minimum atomic E-state index is -3.73. The Bertz CT molecular complexity index is 603. The molecule has 1 unspecified atom stereocenters. The van der Waals surface area contributed by atoms with Gasteiger partial charge in [0.15, 0.2) is 0 Å². The van der Waals surface area contributed by atoms with Crippen molar-refractivity contribution in [2.75, 3.05) is 6.61 Å². The number of hydrogen-bond donors (Lipinski definition) is 2. The number of hydrogen-bond acceptors (Lipinski definition) is 5. The van der Waals surface area contributed by atoms with Crippen LogP contribution in [0.2, 0.25) is 0 Å². The number of aliphatic hydroxyl groups is 1. The highest BCUT2D eigenvalue weighted by Crippen LogP contribution is 2.16. The Morgan fingerprint density at radius 1 is 1.61 bits per heavy atom. The van der Waals surface area contributed by atoms with Gasteiger partial charge in [-0.25, -0.2) is 8.42 Å². The average molecular weight is 271 g/mol. The second-order valence-corrected chi connectivity index (χ2v) is 5.44. The molecule has 0 saturated heterocycles. The Labute approximate surface area is 104 Å². The van der Waals surface area contributed by atoms with E-state index in [0.29, 0.717) is 5.76 Å². The zero-order valence-electron chi connectivity index (χ0n) is 9.65. The maximum atomic E-state index is 12.0. The largest absolute Gasteiger partial charge is 0.468 e. The summed E-state index contributed by atoms with van der Waals surface area (Å²) in [4.78, 5) is 0.0370. The fourth-order valence-corrected chi connectivity index (χ4v) is 2.65. The molecule has 2 N–H and O–H groups in total. The molecular weight excluding hydrogens is 258 g/mol. The van der Waals surface area contributed by atoms with Gasteiger partial charge in [-0.1, -0.05) is 0 Å². The van der Waals surface area contributed by atoms with Crippen molar-refractivity contribution in [1.82, 2.24) is 14.5 Å². The molecule has 2 aromatic heterocycles. The highest BCUT2D eigenvalue weighted by molar-refractivity contribution is 7.89. The van der Waals surface area contributed by atoms with Crippen LogP contribution in [0.3, 0.4) is 0 Å². The van der Waals surface area contributed by atoms with Crippen molar-refractivity contribution in [2.24, 2.45) is 7.05 Å². The third-order valence-corrected chi connectivity index (χ3v) is 3.78. The Morgan fingerprint density at radius 3 is 2.89 bits per heavy atom. The van der Waals surface area contributed by atoms with E-state index in [0.717, 1.165) is 0 Å². The molecule has 98 valence electrons. The average Bonchev–Trinajstić information content (AvgIpc) is 2.96. The van der Waals surface area contributed by atoms with E-state index in [1.807, 2.05) is 0 Å². The van der Waals surface area contributed by atoms with Gasteiger partial charge in [-0.2, -0.15) is 9.82 Å². The zero-order chi connectivity index (χ0) is 13.2. The first-order chi connectivity index (χ1) is 8.53. The van der Waals surface area contributed by atoms with Crippen LogP contribution < -0.4 is 4.72 Å². The van der Waals surface area contributed by atoms with Gasteiger partial charge >= 0.3 is 0 Å². The van der Waals surface area contributed by atoms with Gasteiger partial charge in [-0.3, -0.25) is 4.68 Å². The molecule has 0 bridgehead atoms. The predicted molar refractivity (Wildman–Crippen MR) is 62.1 cm³/mol. The number of furan rings is 1. The SMILES string of the molecule is Cn1cc(S(=O)(=O)NC(CO)c2ccco2)cn1. The molecule has 0 fully saturated rings. The number of nitrogens with one attached hydrogen (secondary N) is 1. The number of aliphatic hydroxyl groups excluding tert-OH is 1. The van der Waals surface area contributed by atoms with Crippen molar-refractivity contribution in [3.63, 3.8) is 0 Å². The molecule has 0 aliphatic carbocycles. The van der Waals surface area contributed by atoms with Crippen molar-refractivity contribution in [3.05, 3.63) is 36.5 Å². The minimum Gasteiger partial charge on any atom is -0.468 e. The molecule has 0 aromatic carbocycles. The summed E-state index contributed by atoms with van der Waals surface area (Å²) in [5.41, 5.74) is 0. The van der Waals surface area contributed by atoms with E-state index < -0.39 is 22.7 Å². The summed E-state index contributed by atoms with van der Waals surface area (Å²) in [6.45, 7) is -0.396. The van der Waals surface area contributed by atoms with Gasteiger partial charge in [-0.15, -0.1) is 0 Å². The van der Waals surface area contributed by atoms with Crippen molar-refractivity contribution < 1.29 is 17.9 Å². The lowest BCUT2D eigenvalue weighted by molar-refractivity contribution is 0.242. The molecule has 18 heavy (non-hydrogen) atoms. The zero-order valence-corrected chi connectivity index (χ0v) is 10.5. The number of aryl methyl sites for hydroxylation is 1. The minimum absolute atomic E-state index is 0.0370. The van der Waals surface area contributed by atoms with E-state index in [4.69, 9.17) is 4.42 Å². The molecule has 0 saturated carbocycles. The summed E-state index contributed by atoms with van der Waals surface area (Å²) in [6, 6.07) is 2.40. The van der Waals surface area contributed by atoms with Gasteiger partial charge in [0.1, 0.15) is 16.7 Å². The molecule has 2 heterocycles. The summed E-state index contributed by atoms with van der Waals surface area (Å²) in [5.74, 6) is 0.352. The lowest BCUT2D eigenvalue weighted by Crippen LogP contribution is -2.30. The second kappa shape index (κ2) is 4.92. The van der Waals surface area contributed by atoms with Gasteiger partial charge in [-0.05, 0) is 12.1 Å². The molecule has 2 rings (SSSR count). The maximum absolute atomic E-state index is 12.0. The van der Waals surface area contributed by atoms with Crippen molar-refractivity contribution in [2.45, 2.75) is 10.9 Å². The maximum Gasteiger partial charge on any atom is 0.244 e. The lowest BCUT2D eigenvalue weighted by atomic mass is 10.2. The van der Waals surface area contributed by atoms with Crippen LogP contribution in [0.15, 0.2) is 40.1 Å². The van der Waals surface area contributed by atoms with Crippen LogP contribution >= 0.6 is 0 Å². The van der Waals surface area contributed by atoms with E-state index in [2.05, 4.69) is 9.82 Å². The van der Waals surface area contributed by atoms with Crippen LogP contribution in [0.4, 0.5) is 0 Å². The third kappa shape index (κ3) is 2.61. The van der Waals surface area contributed by atoms with E-state index >= 15 is 0 Å². The molecule has 0 radical (unpaired) electrons. The number of nitrogens with zero attached hydrogens (tertiary/aromatic N) is 2. The Hall–Kier alpha value is -1.64. The Kier molecular flexibility index (Phi) is 3.50.